The van der Waals surface area contributed by atoms with Crippen molar-refractivity contribution in [2.24, 2.45) is 0 Å². The fraction of sp³-hybridized carbons (Fsp3) is 0. The van der Waals surface area contributed by atoms with Crippen LogP contribution in [0.25, 0.3) is 0 Å². The number of nitrogens with one attached hydrogen (secondary N) is 1. The van der Waals surface area contributed by atoms with Crippen LogP contribution in [0.1, 0.15) is 0 Å². The van der Waals surface area contributed by atoms with E-state index in [-0.39, 0.29) is 0 Å². The molecular weight excluding hydrogens is 260 g/mol. The van der Waals surface area contributed by atoms with E-state index in [2.05, 4.69) is 5.32 Å². The fourth-order valence-corrected chi connectivity index (χ4v) is 2.03. The maximum absolute atomic E-state index is 5.97. The Hall–Kier alpha value is -2.94. The molecule has 3 heteroatoms. The Morgan fingerprint density at radius 1 is 0.667 bits per heavy atom. The second-order valence-electron chi connectivity index (χ2n) is 4.62. The number of hydrogen-bond acceptors (Lipinski definition) is 3. The molecule has 104 valence electrons. The van der Waals surface area contributed by atoms with Crippen molar-refractivity contribution in [1.82, 2.24) is 0 Å². The van der Waals surface area contributed by atoms with Gasteiger partial charge in [-0.3, -0.25) is 0 Å². The zero-order valence-electron chi connectivity index (χ0n) is 11.5. The van der Waals surface area contributed by atoms with Gasteiger partial charge in [0.15, 0.2) is 5.75 Å². The number of hydrogen-bond donors (Lipinski definition) is 2. The minimum atomic E-state index is 0.701. The van der Waals surface area contributed by atoms with Crippen LogP contribution in [0.4, 0.5) is 17.1 Å². The summed E-state index contributed by atoms with van der Waals surface area (Å²) in [6.07, 6.45) is 0. The van der Waals surface area contributed by atoms with E-state index in [4.69, 9.17) is 10.5 Å². The van der Waals surface area contributed by atoms with Gasteiger partial charge in [0, 0.05) is 0 Å². The smallest absolute Gasteiger partial charge is 0.150 e. The summed E-state index contributed by atoms with van der Waals surface area (Å²) in [5, 5.41) is 3.31. The van der Waals surface area contributed by atoms with Gasteiger partial charge in [-0.25, -0.2) is 0 Å². The van der Waals surface area contributed by atoms with Crippen molar-refractivity contribution in [2.75, 3.05) is 11.1 Å². The van der Waals surface area contributed by atoms with E-state index in [1.165, 1.54) is 0 Å². The van der Waals surface area contributed by atoms with E-state index in [0.717, 1.165) is 22.9 Å². The Kier molecular flexibility index (Phi) is 3.74. The van der Waals surface area contributed by atoms with Gasteiger partial charge in [0.1, 0.15) is 5.75 Å². The Morgan fingerprint density at radius 3 is 2.05 bits per heavy atom. The first-order valence-corrected chi connectivity index (χ1v) is 6.76. The minimum absolute atomic E-state index is 0.701. The highest BCUT2D eigenvalue weighted by Gasteiger charge is 2.06. The molecule has 3 nitrogen and oxygen atoms in total. The molecule has 0 fully saturated rings. The Labute approximate surface area is 124 Å². The van der Waals surface area contributed by atoms with Gasteiger partial charge < -0.3 is 15.8 Å². The lowest BCUT2D eigenvalue weighted by atomic mass is 10.2. The molecule has 3 aromatic carbocycles. The summed E-state index contributed by atoms with van der Waals surface area (Å²) in [6.45, 7) is 0. The highest BCUT2D eigenvalue weighted by molar-refractivity contribution is 5.75. The number of ether oxygens (including phenoxy) is 1. The predicted molar refractivity (Wildman–Crippen MR) is 87.1 cm³/mol. The monoisotopic (exact) mass is 276 g/mol. The van der Waals surface area contributed by atoms with E-state index < -0.39 is 0 Å². The first-order chi connectivity index (χ1) is 10.3. The van der Waals surface area contributed by atoms with Gasteiger partial charge in [0.2, 0.25) is 0 Å². The van der Waals surface area contributed by atoms with E-state index in [0.29, 0.717) is 5.69 Å². The van der Waals surface area contributed by atoms with Crippen LogP contribution in [-0.4, -0.2) is 0 Å². The van der Waals surface area contributed by atoms with E-state index in [9.17, 15) is 0 Å². The summed E-state index contributed by atoms with van der Waals surface area (Å²) < 4.78 is 5.92. The van der Waals surface area contributed by atoms with E-state index >= 15 is 0 Å². The van der Waals surface area contributed by atoms with Gasteiger partial charge in [-0.15, -0.1) is 0 Å². The largest absolute Gasteiger partial charge is 0.455 e. The summed E-state index contributed by atoms with van der Waals surface area (Å²) in [5.41, 5.74) is 8.41. The summed E-state index contributed by atoms with van der Waals surface area (Å²) in [5.74, 6) is 1.56. The van der Waals surface area contributed by atoms with E-state index in [1.54, 1.807) is 0 Å². The quantitative estimate of drug-likeness (QED) is 0.672. The van der Waals surface area contributed by atoms with Gasteiger partial charge in [-0.05, 0) is 36.4 Å². The van der Waals surface area contributed by atoms with Crippen LogP contribution in [0.5, 0.6) is 11.5 Å². The van der Waals surface area contributed by atoms with Gasteiger partial charge in [-0.2, -0.15) is 0 Å². The number of para-hydroxylation sites is 5. The Bertz CT molecular complexity index is 726. The first-order valence-electron chi connectivity index (χ1n) is 6.76. The average Bonchev–Trinajstić information content (AvgIpc) is 2.52. The molecule has 0 aromatic heterocycles. The molecule has 0 saturated carbocycles. The van der Waals surface area contributed by atoms with Crippen molar-refractivity contribution in [3.63, 3.8) is 0 Å². The maximum atomic E-state index is 5.97. The fourth-order valence-electron chi connectivity index (χ4n) is 2.03. The lowest BCUT2D eigenvalue weighted by Gasteiger charge is -2.14. The summed E-state index contributed by atoms with van der Waals surface area (Å²) in [7, 11) is 0. The molecule has 0 aliphatic rings. The molecule has 0 unspecified atom stereocenters. The predicted octanol–water partition coefficient (Wildman–Crippen LogP) is 4.80. The Morgan fingerprint density at radius 2 is 1.29 bits per heavy atom. The number of benzene rings is 3. The van der Waals surface area contributed by atoms with Crippen LogP contribution in [-0.2, 0) is 0 Å². The molecule has 3 N–H and O–H groups in total. The van der Waals surface area contributed by atoms with Gasteiger partial charge in [-0.1, -0.05) is 42.5 Å². The van der Waals surface area contributed by atoms with Crippen molar-refractivity contribution in [3.05, 3.63) is 78.9 Å². The van der Waals surface area contributed by atoms with Crippen LogP contribution in [0.3, 0.4) is 0 Å². The molecule has 21 heavy (non-hydrogen) atoms. The molecule has 0 saturated heterocycles. The van der Waals surface area contributed by atoms with E-state index in [1.807, 2.05) is 78.9 Å². The number of anilines is 3. The molecule has 0 aliphatic carbocycles. The highest BCUT2D eigenvalue weighted by atomic mass is 16.5. The molecule has 0 radical (unpaired) electrons. The molecular formula is C18H16N2O. The molecule has 3 aromatic rings. The molecule has 0 heterocycles. The molecule has 0 spiro atoms. The van der Waals surface area contributed by atoms with Crippen LogP contribution < -0.4 is 15.8 Å². The lowest BCUT2D eigenvalue weighted by molar-refractivity contribution is 0.485. The molecule has 0 bridgehead atoms. The topological polar surface area (TPSA) is 47.3 Å². The van der Waals surface area contributed by atoms with Crippen molar-refractivity contribution in [2.45, 2.75) is 0 Å². The molecule has 3 rings (SSSR count). The normalized spacial score (nSPS) is 10.1. The van der Waals surface area contributed by atoms with Crippen LogP contribution in [0, 0.1) is 0 Å². The zero-order chi connectivity index (χ0) is 14.5. The Balaban J connectivity index is 1.88. The second kappa shape index (κ2) is 6.01. The van der Waals surface area contributed by atoms with Gasteiger partial charge in [0.25, 0.3) is 0 Å². The third kappa shape index (κ3) is 3.15. The van der Waals surface area contributed by atoms with Crippen molar-refractivity contribution >= 4 is 17.1 Å². The number of nitrogen functional groups attached to an aromatic ring is 1. The van der Waals surface area contributed by atoms with Crippen molar-refractivity contribution in [3.8, 4) is 11.5 Å². The summed E-state index contributed by atoms with van der Waals surface area (Å²) in [6, 6.07) is 25.1. The lowest BCUT2D eigenvalue weighted by Crippen LogP contribution is -1.97. The summed E-state index contributed by atoms with van der Waals surface area (Å²) in [4.78, 5) is 0. The van der Waals surface area contributed by atoms with Crippen molar-refractivity contribution < 1.29 is 4.74 Å². The molecule has 0 amide bonds. The summed E-state index contributed by atoms with van der Waals surface area (Å²) >= 11 is 0. The standard InChI is InChI=1S/C18H16N2O/c19-15-10-4-5-11-16(15)20-17-12-6-7-13-18(17)21-14-8-2-1-3-9-14/h1-13,20H,19H2. The number of nitrogens with two attached hydrogens (primary N) is 1. The second-order valence-corrected chi connectivity index (χ2v) is 4.62. The van der Waals surface area contributed by atoms with Crippen molar-refractivity contribution in [1.29, 1.82) is 0 Å². The van der Waals surface area contributed by atoms with Gasteiger partial charge in [0.05, 0.1) is 17.1 Å². The van der Waals surface area contributed by atoms with Crippen LogP contribution in [0.2, 0.25) is 0 Å². The SMILES string of the molecule is Nc1ccccc1Nc1ccccc1Oc1ccccc1. The molecule has 0 atom stereocenters. The first kappa shape index (κ1) is 13.1. The van der Waals surface area contributed by atoms with Gasteiger partial charge >= 0.3 is 0 Å². The van der Waals surface area contributed by atoms with Crippen LogP contribution in [0.15, 0.2) is 78.9 Å². The highest BCUT2D eigenvalue weighted by Crippen LogP contribution is 2.32. The third-order valence-electron chi connectivity index (χ3n) is 3.09. The minimum Gasteiger partial charge on any atom is -0.455 e. The third-order valence-corrected chi connectivity index (χ3v) is 3.09. The van der Waals surface area contributed by atoms with Crippen LogP contribution >= 0.6 is 0 Å². The maximum Gasteiger partial charge on any atom is 0.150 e. The molecule has 0 aliphatic heterocycles. The average molecular weight is 276 g/mol. The number of rotatable bonds is 4. The zero-order valence-corrected chi connectivity index (χ0v) is 11.5.